The van der Waals surface area contributed by atoms with Gasteiger partial charge in [-0.05, 0) is 55.0 Å². The molecule has 0 fully saturated rings. The van der Waals surface area contributed by atoms with Crippen molar-refractivity contribution in [3.05, 3.63) is 81.7 Å². The van der Waals surface area contributed by atoms with E-state index in [4.69, 9.17) is 27.6 Å². The van der Waals surface area contributed by atoms with E-state index in [1.54, 1.807) is 48.7 Å². The van der Waals surface area contributed by atoms with Gasteiger partial charge in [-0.25, -0.2) is 0 Å². The van der Waals surface area contributed by atoms with Crippen LogP contribution in [0.1, 0.15) is 17.1 Å². The van der Waals surface area contributed by atoms with Crippen LogP contribution in [-0.2, 0) is 16.1 Å². The van der Waals surface area contributed by atoms with Gasteiger partial charge in [-0.3, -0.25) is 14.6 Å². The molecule has 0 bridgehead atoms. The van der Waals surface area contributed by atoms with E-state index in [1.165, 1.54) is 0 Å². The molecule has 8 heteroatoms. The number of benzene rings is 2. The molecule has 0 aliphatic rings. The molecule has 0 atom stereocenters. The van der Waals surface area contributed by atoms with Crippen LogP contribution in [0.4, 0.5) is 11.4 Å². The molecule has 6 nitrogen and oxygen atoms in total. The van der Waals surface area contributed by atoms with E-state index in [9.17, 15) is 9.59 Å². The number of halogens is 2. The molecule has 2 amide bonds. The van der Waals surface area contributed by atoms with Crippen LogP contribution in [0.5, 0.6) is 0 Å². The largest absolute Gasteiger partial charge is 0.458 e. The fourth-order valence-electron chi connectivity index (χ4n) is 2.36. The molecular weight excluding hydrogens is 413 g/mol. The Kier molecular flexibility index (Phi) is 6.69. The van der Waals surface area contributed by atoms with Crippen molar-refractivity contribution in [2.45, 2.75) is 13.5 Å². The van der Waals surface area contributed by atoms with E-state index < -0.39 is 11.8 Å². The third-order valence-corrected chi connectivity index (χ3v) is 4.53. The molecule has 2 aromatic carbocycles. The first-order valence-electron chi connectivity index (χ1n) is 8.64. The van der Waals surface area contributed by atoms with E-state index in [-0.39, 0.29) is 6.54 Å². The maximum absolute atomic E-state index is 11.9. The Labute approximate surface area is 177 Å². The minimum atomic E-state index is -0.795. The molecule has 0 radical (unpaired) electrons. The van der Waals surface area contributed by atoms with E-state index >= 15 is 0 Å². The fraction of sp³-hybridized carbons (Fsp3) is 0.0952. The summed E-state index contributed by atoms with van der Waals surface area (Å²) in [4.78, 5) is 28.2. The molecule has 0 unspecified atom stereocenters. The topological polar surface area (TPSA) is 83.7 Å². The van der Waals surface area contributed by atoms with Crippen LogP contribution < -0.4 is 10.6 Å². The van der Waals surface area contributed by atoms with E-state index in [2.05, 4.69) is 15.6 Å². The number of rotatable bonds is 5. The molecule has 148 valence electrons. The summed E-state index contributed by atoms with van der Waals surface area (Å²) in [6.07, 6.45) is 1.55. The Hall–Kier alpha value is -3.09. The van der Waals surface area contributed by atoms with Crippen molar-refractivity contribution in [3.63, 3.8) is 0 Å². The number of aryl methyl sites for hydroxylation is 1. The van der Waals surface area contributed by atoms with Crippen LogP contribution >= 0.6 is 23.2 Å². The third kappa shape index (κ3) is 5.94. The molecule has 0 saturated carbocycles. The first kappa shape index (κ1) is 20.6. The quantitative estimate of drug-likeness (QED) is 0.446. The number of carbonyl (C=O) groups is 2. The highest BCUT2D eigenvalue weighted by molar-refractivity contribution is 6.39. The fourth-order valence-corrected chi connectivity index (χ4v) is 2.73. The summed E-state index contributed by atoms with van der Waals surface area (Å²) in [6, 6.07) is 15.4. The highest BCUT2D eigenvalue weighted by atomic mass is 35.5. The average molecular weight is 430 g/mol. The standard InChI is InChI=1S/C21H17Cl2N3O3/c1-13-5-6-15(10-19(13)23)24-11-17-7-8-18(29-17)12-25-20(27)21(28)26-16-4-2-3-14(22)9-16/h2-11H,12H2,1H3,(H,25,27)(H,26,28). The maximum Gasteiger partial charge on any atom is 0.313 e. The van der Waals surface area contributed by atoms with E-state index in [1.807, 2.05) is 19.1 Å². The Bertz CT molecular complexity index is 1080. The minimum Gasteiger partial charge on any atom is -0.458 e. The summed E-state index contributed by atoms with van der Waals surface area (Å²) in [5.74, 6) is -0.589. The molecule has 3 aromatic rings. The summed E-state index contributed by atoms with van der Waals surface area (Å²) in [7, 11) is 0. The van der Waals surface area contributed by atoms with Gasteiger partial charge in [-0.15, -0.1) is 0 Å². The zero-order chi connectivity index (χ0) is 20.8. The second kappa shape index (κ2) is 9.41. The third-order valence-electron chi connectivity index (χ3n) is 3.89. The van der Waals surface area contributed by atoms with Gasteiger partial charge in [0, 0.05) is 15.7 Å². The predicted octanol–water partition coefficient (Wildman–Crippen LogP) is 4.90. The monoisotopic (exact) mass is 429 g/mol. The van der Waals surface area contributed by atoms with Gasteiger partial charge in [0.1, 0.15) is 11.5 Å². The van der Waals surface area contributed by atoms with Gasteiger partial charge in [0.05, 0.1) is 18.4 Å². The van der Waals surface area contributed by atoms with Gasteiger partial charge >= 0.3 is 11.8 Å². The molecule has 1 heterocycles. The second-order valence-corrected chi connectivity index (χ2v) is 6.99. The van der Waals surface area contributed by atoms with Crippen LogP contribution in [-0.4, -0.2) is 18.0 Å². The Balaban J connectivity index is 1.53. The van der Waals surface area contributed by atoms with Crippen LogP contribution in [0.15, 0.2) is 64.0 Å². The van der Waals surface area contributed by atoms with E-state index in [0.717, 1.165) is 5.56 Å². The van der Waals surface area contributed by atoms with Crippen LogP contribution in [0.3, 0.4) is 0 Å². The minimum absolute atomic E-state index is 0.0615. The highest BCUT2D eigenvalue weighted by Gasteiger charge is 2.14. The molecule has 0 aliphatic heterocycles. The van der Waals surface area contributed by atoms with Crippen molar-refractivity contribution in [1.29, 1.82) is 0 Å². The molecule has 2 N–H and O–H groups in total. The summed E-state index contributed by atoms with van der Waals surface area (Å²) in [5, 5.41) is 6.06. The van der Waals surface area contributed by atoms with Crippen molar-refractivity contribution < 1.29 is 14.0 Å². The number of aliphatic imine (C=N–C) groups is 1. The first-order chi connectivity index (χ1) is 13.9. The SMILES string of the molecule is Cc1ccc(N=Cc2ccc(CNC(=O)C(=O)Nc3cccc(Cl)c3)o2)cc1Cl. The number of hydrogen-bond donors (Lipinski definition) is 2. The average Bonchev–Trinajstić information content (AvgIpc) is 3.15. The van der Waals surface area contributed by atoms with Gasteiger partial charge in [0.25, 0.3) is 0 Å². The number of amides is 2. The van der Waals surface area contributed by atoms with Crippen molar-refractivity contribution in [2.75, 3.05) is 5.32 Å². The van der Waals surface area contributed by atoms with Crippen LogP contribution in [0, 0.1) is 6.92 Å². The smallest absolute Gasteiger partial charge is 0.313 e. The van der Waals surface area contributed by atoms with Gasteiger partial charge < -0.3 is 15.1 Å². The Morgan fingerprint density at radius 1 is 1.07 bits per heavy atom. The molecule has 0 aliphatic carbocycles. The van der Waals surface area contributed by atoms with Crippen molar-refractivity contribution in [2.24, 2.45) is 4.99 Å². The van der Waals surface area contributed by atoms with Gasteiger partial charge in [-0.1, -0.05) is 35.3 Å². The lowest BCUT2D eigenvalue weighted by Gasteiger charge is -2.05. The zero-order valence-electron chi connectivity index (χ0n) is 15.4. The second-order valence-electron chi connectivity index (χ2n) is 6.14. The maximum atomic E-state index is 11.9. The number of nitrogens with one attached hydrogen (secondary N) is 2. The summed E-state index contributed by atoms with van der Waals surface area (Å²) >= 11 is 11.9. The Morgan fingerprint density at radius 3 is 2.66 bits per heavy atom. The molecule has 0 spiro atoms. The lowest BCUT2D eigenvalue weighted by Crippen LogP contribution is -2.34. The number of hydrogen-bond acceptors (Lipinski definition) is 4. The van der Waals surface area contributed by atoms with Crippen molar-refractivity contribution in [3.8, 4) is 0 Å². The summed E-state index contributed by atoms with van der Waals surface area (Å²) < 4.78 is 5.58. The number of furan rings is 1. The van der Waals surface area contributed by atoms with Crippen molar-refractivity contribution >= 4 is 52.6 Å². The number of anilines is 1. The normalized spacial score (nSPS) is 10.9. The molecule has 1 aromatic heterocycles. The molecule has 3 rings (SSSR count). The lowest BCUT2D eigenvalue weighted by molar-refractivity contribution is -0.136. The summed E-state index contributed by atoms with van der Waals surface area (Å²) in [6.45, 7) is 1.98. The number of nitrogens with zero attached hydrogens (tertiary/aromatic N) is 1. The lowest BCUT2D eigenvalue weighted by atomic mass is 10.2. The van der Waals surface area contributed by atoms with E-state index in [0.29, 0.717) is 32.9 Å². The predicted molar refractivity (Wildman–Crippen MR) is 114 cm³/mol. The number of carbonyl (C=O) groups excluding carboxylic acids is 2. The Morgan fingerprint density at radius 2 is 1.90 bits per heavy atom. The first-order valence-corrected chi connectivity index (χ1v) is 9.40. The van der Waals surface area contributed by atoms with Crippen LogP contribution in [0.25, 0.3) is 0 Å². The summed E-state index contributed by atoms with van der Waals surface area (Å²) in [5.41, 5.74) is 2.11. The molecule has 0 saturated heterocycles. The highest BCUT2D eigenvalue weighted by Crippen LogP contribution is 2.22. The molecular formula is C21H17Cl2N3O3. The van der Waals surface area contributed by atoms with Crippen LogP contribution in [0.2, 0.25) is 10.0 Å². The van der Waals surface area contributed by atoms with Gasteiger partial charge in [0.15, 0.2) is 0 Å². The van der Waals surface area contributed by atoms with Gasteiger partial charge in [0.2, 0.25) is 0 Å². The molecule has 29 heavy (non-hydrogen) atoms. The zero-order valence-corrected chi connectivity index (χ0v) is 16.9. The van der Waals surface area contributed by atoms with Gasteiger partial charge in [-0.2, -0.15) is 0 Å². The van der Waals surface area contributed by atoms with Crippen molar-refractivity contribution in [1.82, 2.24) is 5.32 Å².